The lowest BCUT2D eigenvalue weighted by molar-refractivity contribution is 0.726. The van der Waals surface area contributed by atoms with E-state index in [9.17, 15) is 0 Å². The third-order valence-corrected chi connectivity index (χ3v) is 2.22. The monoisotopic (exact) mass is 160 g/mol. The Morgan fingerprint density at radius 1 is 1.50 bits per heavy atom. The molecule has 0 saturated heterocycles. The van der Waals surface area contributed by atoms with Crippen LogP contribution >= 0.6 is 0 Å². The summed E-state index contributed by atoms with van der Waals surface area (Å²) in [6.45, 7) is 4.14. The molecule has 1 heterocycles. The average molecular weight is 160 g/mol. The third-order valence-electron chi connectivity index (χ3n) is 2.22. The molecule has 0 fully saturated rings. The molecule has 1 aromatic heterocycles. The number of aryl methyl sites for hydroxylation is 1. The fourth-order valence-corrected chi connectivity index (χ4v) is 1.53. The summed E-state index contributed by atoms with van der Waals surface area (Å²) in [5.41, 5.74) is 2.38. The molecule has 2 rings (SSSR count). The molecule has 0 aliphatic heterocycles. The Balaban J connectivity index is 2.56. The molecule has 1 unspecified atom stereocenters. The summed E-state index contributed by atoms with van der Waals surface area (Å²) in [6, 6.07) is 0. The Morgan fingerprint density at radius 2 is 2.33 bits per heavy atom. The van der Waals surface area contributed by atoms with Crippen molar-refractivity contribution in [1.82, 2.24) is 9.97 Å². The van der Waals surface area contributed by atoms with Gasteiger partial charge in [-0.3, -0.25) is 0 Å². The van der Waals surface area contributed by atoms with E-state index in [1.54, 1.807) is 0 Å². The van der Waals surface area contributed by atoms with E-state index in [2.05, 4.69) is 29.0 Å². The van der Waals surface area contributed by atoms with Crippen molar-refractivity contribution in [3.63, 3.8) is 0 Å². The lowest BCUT2D eigenvalue weighted by atomic mass is 9.94. The van der Waals surface area contributed by atoms with E-state index in [4.69, 9.17) is 0 Å². The zero-order chi connectivity index (χ0) is 8.55. The highest BCUT2D eigenvalue weighted by Gasteiger charge is 2.13. The first kappa shape index (κ1) is 7.47. The zero-order valence-corrected chi connectivity index (χ0v) is 7.41. The second kappa shape index (κ2) is 2.70. The van der Waals surface area contributed by atoms with Crippen LogP contribution in [-0.4, -0.2) is 9.97 Å². The second-order valence-electron chi connectivity index (χ2n) is 3.30. The predicted octanol–water partition coefficient (Wildman–Crippen LogP) is 2.31. The molecular weight excluding hydrogens is 148 g/mol. The molecule has 2 nitrogen and oxygen atoms in total. The number of hydrogen-bond acceptors (Lipinski definition) is 2. The molecule has 1 aliphatic rings. The van der Waals surface area contributed by atoms with Gasteiger partial charge in [0.2, 0.25) is 0 Å². The molecule has 2 heteroatoms. The quantitative estimate of drug-likeness (QED) is 0.582. The van der Waals surface area contributed by atoms with E-state index in [1.165, 1.54) is 11.3 Å². The minimum atomic E-state index is 0.548. The topological polar surface area (TPSA) is 25.8 Å². The van der Waals surface area contributed by atoms with Crippen molar-refractivity contribution < 1.29 is 0 Å². The van der Waals surface area contributed by atoms with Crippen molar-refractivity contribution in [3.8, 4) is 0 Å². The van der Waals surface area contributed by atoms with E-state index < -0.39 is 0 Å². The van der Waals surface area contributed by atoms with Crippen LogP contribution in [0.15, 0.2) is 12.3 Å². The van der Waals surface area contributed by atoms with Crippen molar-refractivity contribution in [2.45, 2.75) is 26.2 Å². The summed E-state index contributed by atoms with van der Waals surface area (Å²) in [7, 11) is 0. The van der Waals surface area contributed by atoms with Gasteiger partial charge in [-0.1, -0.05) is 19.1 Å². The van der Waals surface area contributed by atoms with Gasteiger partial charge in [-0.05, 0) is 13.3 Å². The number of hydrogen-bond donors (Lipinski definition) is 0. The van der Waals surface area contributed by atoms with Gasteiger partial charge >= 0.3 is 0 Å². The van der Waals surface area contributed by atoms with E-state index in [0.717, 1.165) is 12.2 Å². The lowest BCUT2D eigenvalue weighted by Crippen LogP contribution is -2.05. The molecule has 1 aromatic rings. The molecule has 12 heavy (non-hydrogen) atoms. The molecule has 1 atom stereocenters. The SMILES string of the molecule is Cc1ncc2c(n1)C(C)CC=C2. The van der Waals surface area contributed by atoms with Crippen LogP contribution in [0.3, 0.4) is 0 Å². The molecular formula is C10H12N2. The Kier molecular flexibility index (Phi) is 1.68. The molecule has 0 bridgehead atoms. The third kappa shape index (κ3) is 1.13. The fourth-order valence-electron chi connectivity index (χ4n) is 1.53. The summed E-state index contributed by atoms with van der Waals surface area (Å²) in [6.07, 6.45) is 7.30. The van der Waals surface area contributed by atoms with Crippen molar-refractivity contribution in [3.05, 3.63) is 29.4 Å². The molecule has 0 amide bonds. The lowest BCUT2D eigenvalue weighted by Gasteiger charge is -2.15. The highest BCUT2D eigenvalue weighted by atomic mass is 14.9. The van der Waals surface area contributed by atoms with E-state index in [-0.39, 0.29) is 0 Å². The minimum absolute atomic E-state index is 0.548. The Hall–Kier alpha value is -1.18. The molecule has 0 N–H and O–H groups in total. The highest BCUT2D eigenvalue weighted by Crippen LogP contribution is 2.26. The molecule has 62 valence electrons. The van der Waals surface area contributed by atoms with Gasteiger partial charge in [0.15, 0.2) is 0 Å². The maximum Gasteiger partial charge on any atom is 0.125 e. The Labute approximate surface area is 72.4 Å². The van der Waals surface area contributed by atoms with Gasteiger partial charge in [0.25, 0.3) is 0 Å². The van der Waals surface area contributed by atoms with Crippen LogP contribution in [0.25, 0.3) is 6.08 Å². The van der Waals surface area contributed by atoms with Gasteiger partial charge in [0.05, 0.1) is 5.69 Å². The van der Waals surface area contributed by atoms with Gasteiger partial charge in [0, 0.05) is 17.7 Å². The summed E-state index contributed by atoms with van der Waals surface area (Å²) < 4.78 is 0. The first-order valence-corrected chi connectivity index (χ1v) is 4.27. The first-order valence-electron chi connectivity index (χ1n) is 4.27. The van der Waals surface area contributed by atoms with Crippen LogP contribution in [0.1, 0.15) is 36.3 Å². The number of aromatic nitrogens is 2. The smallest absolute Gasteiger partial charge is 0.125 e. The van der Waals surface area contributed by atoms with Gasteiger partial charge in [0.1, 0.15) is 5.82 Å². The fraction of sp³-hybridized carbons (Fsp3) is 0.400. The summed E-state index contributed by atoms with van der Waals surface area (Å²) in [4.78, 5) is 8.60. The van der Waals surface area contributed by atoms with Gasteiger partial charge in [-0.25, -0.2) is 9.97 Å². The van der Waals surface area contributed by atoms with Crippen LogP contribution in [0.5, 0.6) is 0 Å². The summed E-state index contributed by atoms with van der Waals surface area (Å²) >= 11 is 0. The average Bonchev–Trinajstić information content (AvgIpc) is 2.07. The van der Waals surface area contributed by atoms with E-state index in [0.29, 0.717) is 5.92 Å². The largest absolute Gasteiger partial charge is 0.241 e. The maximum atomic E-state index is 4.43. The van der Waals surface area contributed by atoms with Crippen LogP contribution in [0.4, 0.5) is 0 Å². The van der Waals surface area contributed by atoms with Crippen molar-refractivity contribution in [2.75, 3.05) is 0 Å². The highest BCUT2D eigenvalue weighted by molar-refractivity contribution is 5.54. The Morgan fingerprint density at radius 3 is 3.17 bits per heavy atom. The molecule has 1 aliphatic carbocycles. The van der Waals surface area contributed by atoms with E-state index in [1.807, 2.05) is 13.1 Å². The van der Waals surface area contributed by atoms with Crippen LogP contribution in [-0.2, 0) is 0 Å². The predicted molar refractivity (Wildman–Crippen MR) is 48.8 cm³/mol. The normalized spacial score (nSPS) is 20.7. The number of rotatable bonds is 0. The first-order chi connectivity index (χ1) is 5.77. The molecule has 0 spiro atoms. The second-order valence-corrected chi connectivity index (χ2v) is 3.30. The maximum absolute atomic E-state index is 4.43. The molecule has 0 aromatic carbocycles. The summed E-state index contributed by atoms with van der Waals surface area (Å²) in [5, 5.41) is 0. The van der Waals surface area contributed by atoms with Crippen molar-refractivity contribution in [1.29, 1.82) is 0 Å². The van der Waals surface area contributed by atoms with Crippen molar-refractivity contribution >= 4 is 6.08 Å². The van der Waals surface area contributed by atoms with Crippen LogP contribution < -0.4 is 0 Å². The van der Waals surface area contributed by atoms with Crippen LogP contribution in [0.2, 0.25) is 0 Å². The van der Waals surface area contributed by atoms with Crippen molar-refractivity contribution in [2.24, 2.45) is 0 Å². The van der Waals surface area contributed by atoms with Crippen LogP contribution in [0, 0.1) is 6.92 Å². The number of fused-ring (bicyclic) bond motifs is 1. The molecule has 0 saturated carbocycles. The minimum Gasteiger partial charge on any atom is -0.241 e. The standard InChI is InChI=1S/C10H12N2/c1-7-4-3-5-9-6-11-8(2)12-10(7)9/h3,5-7H,4H2,1-2H3. The Bertz CT molecular complexity index is 329. The number of nitrogens with zero attached hydrogens (tertiary/aromatic N) is 2. The zero-order valence-electron chi connectivity index (χ0n) is 7.41. The number of allylic oxidation sites excluding steroid dienone is 1. The van der Waals surface area contributed by atoms with E-state index >= 15 is 0 Å². The molecule has 0 radical (unpaired) electrons. The van der Waals surface area contributed by atoms with Gasteiger partial charge in [-0.2, -0.15) is 0 Å². The van der Waals surface area contributed by atoms with Gasteiger partial charge < -0.3 is 0 Å². The van der Waals surface area contributed by atoms with Gasteiger partial charge in [-0.15, -0.1) is 0 Å². The summed E-state index contributed by atoms with van der Waals surface area (Å²) in [5.74, 6) is 1.42.